The molecule has 3 aromatic rings. The summed E-state index contributed by atoms with van der Waals surface area (Å²) in [7, 11) is -3.52. The highest BCUT2D eigenvalue weighted by Crippen LogP contribution is 2.24. The van der Waals surface area contributed by atoms with E-state index in [0.29, 0.717) is 17.9 Å². The van der Waals surface area contributed by atoms with Gasteiger partial charge in [-0.1, -0.05) is 30.3 Å². The first-order valence-corrected chi connectivity index (χ1v) is 11.2. The third-order valence-corrected chi connectivity index (χ3v) is 7.03. The van der Waals surface area contributed by atoms with Crippen molar-refractivity contribution in [2.24, 2.45) is 0 Å². The number of nitrogens with one attached hydrogen (secondary N) is 1. The first-order chi connectivity index (χ1) is 12.6. The zero-order valence-corrected chi connectivity index (χ0v) is 16.0. The zero-order chi connectivity index (χ0) is 18.0. The van der Waals surface area contributed by atoms with E-state index in [1.165, 1.54) is 12.8 Å². The quantitative estimate of drug-likeness (QED) is 0.704. The summed E-state index contributed by atoms with van der Waals surface area (Å²) in [5, 5.41) is 5.03. The Bertz CT molecular complexity index is 1010. The van der Waals surface area contributed by atoms with Gasteiger partial charge in [0.25, 0.3) is 0 Å². The lowest BCUT2D eigenvalue weighted by atomic mass is 10.1. The van der Waals surface area contributed by atoms with Crippen molar-refractivity contribution in [1.29, 1.82) is 0 Å². The number of thiazole rings is 1. The van der Waals surface area contributed by atoms with Crippen molar-refractivity contribution in [2.75, 3.05) is 24.5 Å². The lowest BCUT2D eigenvalue weighted by Gasteiger charge is -2.12. The molecular weight excluding hydrogens is 366 g/mol. The fraction of sp³-hybridized carbons (Fsp3) is 0.316. The summed E-state index contributed by atoms with van der Waals surface area (Å²) in [6.45, 7) is 2.49. The van der Waals surface area contributed by atoms with E-state index in [1.807, 2.05) is 35.7 Å². The van der Waals surface area contributed by atoms with Gasteiger partial charge in [-0.3, -0.25) is 0 Å². The molecule has 7 heteroatoms. The summed E-state index contributed by atoms with van der Waals surface area (Å²) >= 11 is 1.64. The molecule has 1 fully saturated rings. The van der Waals surface area contributed by atoms with Crippen molar-refractivity contribution >= 4 is 37.3 Å². The Morgan fingerprint density at radius 3 is 2.65 bits per heavy atom. The predicted molar refractivity (Wildman–Crippen MR) is 106 cm³/mol. The van der Waals surface area contributed by atoms with E-state index in [0.717, 1.165) is 34.7 Å². The molecule has 0 spiro atoms. The van der Waals surface area contributed by atoms with Crippen LogP contribution in [-0.2, 0) is 16.4 Å². The highest BCUT2D eigenvalue weighted by molar-refractivity contribution is 7.89. The van der Waals surface area contributed by atoms with E-state index in [4.69, 9.17) is 0 Å². The van der Waals surface area contributed by atoms with Crippen LogP contribution in [0, 0.1) is 0 Å². The molecule has 0 saturated carbocycles. The fourth-order valence-corrected chi connectivity index (χ4v) is 5.18. The molecule has 136 valence electrons. The van der Waals surface area contributed by atoms with Crippen LogP contribution in [0.1, 0.15) is 18.5 Å². The van der Waals surface area contributed by atoms with Gasteiger partial charge < -0.3 is 4.90 Å². The number of hydrogen-bond acceptors (Lipinski definition) is 5. The van der Waals surface area contributed by atoms with Gasteiger partial charge in [-0.05, 0) is 35.7 Å². The van der Waals surface area contributed by atoms with E-state index in [2.05, 4.69) is 14.6 Å². The smallest absolute Gasteiger partial charge is 0.240 e. The van der Waals surface area contributed by atoms with Crippen molar-refractivity contribution in [1.82, 2.24) is 9.71 Å². The summed E-state index contributed by atoms with van der Waals surface area (Å²) in [5.74, 6) is 0. The Morgan fingerprint density at radius 2 is 1.85 bits per heavy atom. The number of benzene rings is 2. The first-order valence-electron chi connectivity index (χ1n) is 8.80. The molecule has 0 bridgehead atoms. The van der Waals surface area contributed by atoms with Crippen LogP contribution in [0.3, 0.4) is 0 Å². The number of hydrogen-bond donors (Lipinski definition) is 1. The number of aromatic nitrogens is 1. The summed E-state index contributed by atoms with van der Waals surface area (Å²) in [6.07, 6.45) is 3.04. The number of rotatable bonds is 6. The maximum absolute atomic E-state index is 12.5. The molecule has 0 atom stereocenters. The number of sulfonamides is 1. The molecule has 1 aliphatic heterocycles. The van der Waals surface area contributed by atoms with Gasteiger partial charge in [-0.25, -0.2) is 18.1 Å². The van der Waals surface area contributed by atoms with Gasteiger partial charge in [0.1, 0.15) is 0 Å². The molecule has 0 radical (unpaired) electrons. The molecule has 1 aliphatic rings. The third-order valence-electron chi connectivity index (χ3n) is 4.62. The van der Waals surface area contributed by atoms with Crippen LogP contribution >= 0.6 is 11.3 Å². The maximum atomic E-state index is 12.5. The largest absolute Gasteiger partial charge is 0.348 e. The van der Waals surface area contributed by atoms with Crippen molar-refractivity contribution in [3.63, 3.8) is 0 Å². The normalized spacial score (nSPS) is 15.0. The topological polar surface area (TPSA) is 62.3 Å². The van der Waals surface area contributed by atoms with Gasteiger partial charge in [-0.15, -0.1) is 11.3 Å². The van der Waals surface area contributed by atoms with Crippen molar-refractivity contribution in [3.05, 3.63) is 53.5 Å². The molecule has 26 heavy (non-hydrogen) atoms. The van der Waals surface area contributed by atoms with Gasteiger partial charge in [0, 0.05) is 31.4 Å². The second-order valence-corrected chi connectivity index (χ2v) is 9.08. The van der Waals surface area contributed by atoms with Gasteiger partial charge in [0.2, 0.25) is 10.0 Å². The minimum atomic E-state index is -3.52. The molecule has 0 aliphatic carbocycles. The van der Waals surface area contributed by atoms with Crippen LogP contribution in [0.4, 0.5) is 5.13 Å². The zero-order valence-electron chi connectivity index (χ0n) is 14.4. The van der Waals surface area contributed by atoms with Gasteiger partial charge in [0.05, 0.1) is 10.6 Å². The maximum Gasteiger partial charge on any atom is 0.240 e. The molecule has 4 rings (SSSR count). The minimum Gasteiger partial charge on any atom is -0.348 e. The number of nitrogens with zero attached hydrogens (tertiary/aromatic N) is 2. The van der Waals surface area contributed by atoms with Crippen LogP contribution < -0.4 is 9.62 Å². The molecule has 1 saturated heterocycles. The molecule has 5 nitrogen and oxygen atoms in total. The molecule has 1 aromatic heterocycles. The van der Waals surface area contributed by atoms with E-state index in [-0.39, 0.29) is 0 Å². The van der Waals surface area contributed by atoms with Gasteiger partial charge >= 0.3 is 0 Å². The molecule has 0 amide bonds. The highest BCUT2D eigenvalue weighted by atomic mass is 32.2. The summed E-state index contributed by atoms with van der Waals surface area (Å²) < 4.78 is 27.8. The Morgan fingerprint density at radius 1 is 1.08 bits per heavy atom. The van der Waals surface area contributed by atoms with Crippen molar-refractivity contribution < 1.29 is 8.42 Å². The number of fused-ring (bicyclic) bond motifs is 1. The van der Waals surface area contributed by atoms with Crippen molar-refractivity contribution in [3.8, 4) is 0 Å². The summed E-state index contributed by atoms with van der Waals surface area (Å²) in [5.41, 5.74) is 0.943. The average Bonchev–Trinajstić information content (AvgIpc) is 3.32. The lowest BCUT2D eigenvalue weighted by molar-refractivity contribution is 0.581. The predicted octanol–water partition coefficient (Wildman–Crippen LogP) is 3.42. The lowest BCUT2D eigenvalue weighted by Crippen LogP contribution is -2.26. The Balaban J connectivity index is 1.40. The standard InChI is InChI=1S/C19H21N3O2S2/c23-26(24,18-8-7-15-5-1-2-6-16(15)13-18)20-10-9-17-14-25-19(21-17)22-11-3-4-12-22/h1-2,5-8,13-14,20H,3-4,9-12H2. The Kier molecular flexibility index (Phi) is 4.93. The monoisotopic (exact) mass is 387 g/mol. The molecule has 2 aromatic carbocycles. The van der Waals surface area contributed by atoms with Gasteiger partial charge in [-0.2, -0.15) is 0 Å². The van der Waals surface area contributed by atoms with Crippen LogP contribution in [0.2, 0.25) is 0 Å². The number of anilines is 1. The molecule has 2 heterocycles. The van der Waals surface area contributed by atoms with Gasteiger partial charge in [0.15, 0.2) is 5.13 Å². The third kappa shape index (κ3) is 3.75. The second kappa shape index (κ2) is 7.34. The highest BCUT2D eigenvalue weighted by Gasteiger charge is 2.17. The SMILES string of the molecule is O=S(=O)(NCCc1csc(N2CCCC2)n1)c1ccc2ccccc2c1. The van der Waals surface area contributed by atoms with Crippen LogP contribution in [0.15, 0.2) is 52.7 Å². The fourth-order valence-electron chi connectivity index (χ4n) is 3.20. The Labute approximate surface area is 157 Å². The second-order valence-electron chi connectivity index (χ2n) is 6.47. The minimum absolute atomic E-state index is 0.298. The van der Waals surface area contributed by atoms with Crippen LogP contribution in [0.5, 0.6) is 0 Å². The van der Waals surface area contributed by atoms with Crippen LogP contribution in [-0.4, -0.2) is 33.0 Å². The van der Waals surface area contributed by atoms with Crippen molar-refractivity contribution in [2.45, 2.75) is 24.2 Å². The Hall–Kier alpha value is -1.96. The molecular formula is C19H21N3O2S2. The van der Waals surface area contributed by atoms with E-state index < -0.39 is 10.0 Å². The van der Waals surface area contributed by atoms with Crippen LogP contribution in [0.25, 0.3) is 10.8 Å². The first kappa shape index (κ1) is 17.5. The molecule has 0 unspecified atom stereocenters. The summed E-state index contributed by atoms with van der Waals surface area (Å²) in [6, 6.07) is 13.0. The van der Waals surface area contributed by atoms with E-state index in [9.17, 15) is 8.42 Å². The van der Waals surface area contributed by atoms with E-state index >= 15 is 0 Å². The average molecular weight is 388 g/mol. The summed E-state index contributed by atoms with van der Waals surface area (Å²) in [4.78, 5) is 7.23. The molecule has 1 N–H and O–H groups in total. The van der Waals surface area contributed by atoms with E-state index in [1.54, 1.807) is 23.5 Å².